The summed E-state index contributed by atoms with van der Waals surface area (Å²) in [5.41, 5.74) is 1.64. The van der Waals surface area contributed by atoms with Gasteiger partial charge in [-0.1, -0.05) is 18.2 Å². The minimum absolute atomic E-state index is 0.152. The standard InChI is InChI=1S/C14H14N4O3/c19-13(20)8-10-4-1-2-6-12(10)17-14(21)15-9-11-5-3-7-16-18-11/h1-7H,8-9H2,(H,19,20)(H2,15,17,21). The highest BCUT2D eigenvalue weighted by Gasteiger charge is 2.09. The molecular weight excluding hydrogens is 272 g/mol. The molecule has 0 aliphatic heterocycles. The second-order valence-corrected chi connectivity index (χ2v) is 4.25. The minimum atomic E-state index is -0.954. The van der Waals surface area contributed by atoms with Gasteiger partial charge in [0.2, 0.25) is 0 Å². The molecule has 0 saturated carbocycles. The van der Waals surface area contributed by atoms with Gasteiger partial charge in [0.25, 0.3) is 0 Å². The quantitative estimate of drug-likeness (QED) is 0.771. The van der Waals surface area contributed by atoms with E-state index in [9.17, 15) is 9.59 Å². The molecule has 7 heteroatoms. The van der Waals surface area contributed by atoms with E-state index in [0.717, 1.165) is 0 Å². The Morgan fingerprint density at radius 3 is 2.67 bits per heavy atom. The molecule has 7 nitrogen and oxygen atoms in total. The summed E-state index contributed by atoms with van der Waals surface area (Å²) in [7, 11) is 0. The van der Waals surface area contributed by atoms with Crippen molar-refractivity contribution in [3.8, 4) is 0 Å². The molecule has 0 unspecified atom stereocenters. The topological polar surface area (TPSA) is 104 Å². The van der Waals surface area contributed by atoms with Crippen molar-refractivity contribution in [1.82, 2.24) is 15.5 Å². The van der Waals surface area contributed by atoms with Gasteiger partial charge in [-0.25, -0.2) is 4.79 Å². The number of aromatic nitrogens is 2. The first kappa shape index (κ1) is 14.4. The summed E-state index contributed by atoms with van der Waals surface area (Å²) < 4.78 is 0. The van der Waals surface area contributed by atoms with Crippen molar-refractivity contribution in [3.63, 3.8) is 0 Å². The first-order valence-corrected chi connectivity index (χ1v) is 6.26. The molecule has 3 N–H and O–H groups in total. The maximum atomic E-state index is 11.8. The van der Waals surface area contributed by atoms with E-state index in [4.69, 9.17) is 5.11 Å². The van der Waals surface area contributed by atoms with Crippen LogP contribution in [0.25, 0.3) is 0 Å². The Hall–Kier alpha value is -2.96. The fourth-order valence-electron chi connectivity index (χ4n) is 1.72. The molecule has 0 bridgehead atoms. The molecule has 2 aromatic rings. The van der Waals surface area contributed by atoms with E-state index in [1.54, 1.807) is 42.6 Å². The Balaban J connectivity index is 1.95. The zero-order valence-electron chi connectivity index (χ0n) is 11.1. The van der Waals surface area contributed by atoms with Gasteiger partial charge >= 0.3 is 12.0 Å². The SMILES string of the molecule is O=C(O)Cc1ccccc1NC(=O)NCc1cccnn1. The van der Waals surface area contributed by atoms with Gasteiger partial charge in [0, 0.05) is 11.9 Å². The number of hydrogen-bond acceptors (Lipinski definition) is 4. The van der Waals surface area contributed by atoms with E-state index in [1.807, 2.05) is 0 Å². The normalized spacial score (nSPS) is 9.90. The third kappa shape index (κ3) is 4.57. The van der Waals surface area contributed by atoms with Crippen LogP contribution < -0.4 is 10.6 Å². The van der Waals surface area contributed by atoms with Gasteiger partial charge in [-0.2, -0.15) is 10.2 Å². The Morgan fingerprint density at radius 2 is 1.95 bits per heavy atom. The van der Waals surface area contributed by atoms with Crippen molar-refractivity contribution in [2.75, 3.05) is 5.32 Å². The van der Waals surface area contributed by atoms with Crippen LogP contribution in [0.15, 0.2) is 42.6 Å². The lowest BCUT2D eigenvalue weighted by molar-refractivity contribution is -0.136. The molecule has 0 atom stereocenters. The van der Waals surface area contributed by atoms with Crippen LogP contribution in [0.1, 0.15) is 11.3 Å². The van der Waals surface area contributed by atoms with E-state index in [-0.39, 0.29) is 13.0 Å². The lowest BCUT2D eigenvalue weighted by Crippen LogP contribution is -2.29. The van der Waals surface area contributed by atoms with Crippen LogP contribution in [0.3, 0.4) is 0 Å². The number of anilines is 1. The summed E-state index contributed by atoms with van der Waals surface area (Å²) in [6, 6.07) is 9.80. The van der Waals surface area contributed by atoms with Gasteiger partial charge in [-0.05, 0) is 23.8 Å². The molecule has 1 heterocycles. The largest absolute Gasteiger partial charge is 0.481 e. The number of amides is 2. The lowest BCUT2D eigenvalue weighted by atomic mass is 10.1. The predicted octanol–water partition coefficient (Wildman–Crippen LogP) is 1.43. The van der Waals surface area contributed by atoms with Crippen LogP contribution in [-0.4, -0.2) is 27.3 Å². The van der Waals surface area contributed by atoms with Crippen LogP contribution in [0, 0.1) is 0 Å². The fraction of sp³-hybridized carbons (Fsp3) is 0.143. The average molecular weight is 286 g/mol. The molecule has 0 spiro atoms. The summed E-state index contributed by atoms with van der Waals surface area (Å²) in [4.78, 5) is 22.6. The number of carboxylic acid groups (broad SMARTS) is 1. The monoisotopic (exact) mass is 286 g/mol. The number of benzene rings is 1. The van der Waals surface area contributed by atoms with E-state index >= 15 is 0 Å². The number of para-hydroxylation sites is 1. The van der Waals surface area contributed by atoms with Crippen molar-refractivity contribution in [1.29, 1.82) is 0 Å². The Kier molecular flexibility index (Phi) is 4.81. The summed E-state index contributed by atoms with van der Waals surface area (Å²) in [5.74, 6) is -0.954. The highest BCUT2D eigenvalue weighted by molar-refractivity contribution is 5.90. The maximum Gasteiger partial charge on any atom is 0.319 e. The van der Waals surface area contributed by atoms with E-state index in [1.165, 1.54) is 0 Å². The fourth-order valence-corrected chi connectivity index (χ4v) is 1.72. The molecule has 0 saturated heterocycles. The number of hydrogen-bond donors (Lipinski definition) is 3. The maximum absolute atomic E-state index is 11.8. The first-order chi connectivity index (χ1) is 10.1. The number of nitrogens with zero attached hydrogens (tertiary/aromatic N) is 2. The van der Waals surface area contributed by atoms with Crippen LogP contribution >= 0.6 is 0 Å². The second kappa shape index (κ2) is 6.99. The molecular formula is C14H14N4O3. The van der Waals surface area contributed by atoms with Crippen molar-refractivity contribution >= 4 is 17.7 Å². The number of carbonyl (C=O) groups is 2. The van der Waals surface area contributed by atoms with Crippen molar-refractivity contribution < 1.29 is 14.7 Å². The molecule has 0 radical (unpaired) electrons. The Bertz CT molecular complexity index is 631. The number of aliphatic carboxylic acids is 1. The van der Waals surface area contributed by atoms with Crippen LogP contribution in [-0.2, 0) is 17.8 Å². The van der Waals surface area contributed by atoms with Crippen molar-refractivity contribution in [3.05, 3.63) is 53.9 Å². The molecule has 0 aliphatic carbocycles. The highest BCUT2D eigenvalue weighted by atomic mass is 16.4. The molecule has 2 amide bonds. The predicted molar refractivity (Wildman–Crippen MR) is 75.7 cm³/mol. The van der Waals surface area contributed by atoms with Crippen molar-refractivity contribution in [2.45, 2.75) is 13.0 Å². The second-order valence-electron chi connectivity index (χ2n) is 4.25. The smallest absolute Gasteiger partial charge is 0.319 e. The number of nitrogens with one attached hydrogen (secondary N) is 2. The molecule has 2 rings (SSSR count). The van der Waals surface area contributed by atoms with E-state index < -0.39 is 12.0 Å². The van der Waals surface area contributed by atoms with Gasteiger partial charge in [0.05, 0.1) is 18.7 Å². The summed E-state index contributed by atoms with van der Waals surface area (Å²) in [6.45, 7) is 0.237. The van der Waals surface area contributed by atoms with Gasteiger partial charge in [-0.15, -0.1) is 0 Å². The van der Waals surface area contributed by atoms with Crippen LogP contribution in [0.5, 0.6) is 0 Å². The van der Waals surface area contributed by atoms with Gasteiger partial charge in [0.1, 0.15) is 0 Å². The van der Waals surface area contributed by atoms with Gasteiger partial charge in [0.15, 0.2) is 0 Å². The van der Waals surface area contributed by atoms with E-state index in [2.05, 4.69) is 20.8 Å². The summed E-state index contributed by atoms with van der Waals surface area (Å²) in [5, 5.41) is 21.6. The molecule has 0 fully saturated rings. The summed E-state index contributed by atoms with van der Waals surface area (Å²) in [6.07, 6.45) is 1.40. The molecule has 21 heavy (non-hydrogen) atoms. The molecule has 108 valence electrons. The lowest BCUT2D eigenvalue weighted by Gasteiger charge is -2.10. The highest BCUT2D eigenvalue weighted by Crippen LogP contribution is 2.15. The zero-order valence-corrected chi connectivity index (χ0v) is 11.1. The third-order valence-corrected chi connectivity index (χ3v) is 2.66. The molecule has 0 aliphatic rings. The van der Waals surface area contributed by atoms with Crippen LogP contribution in [0.4, 0.5) is 10.5 Å². The zero-order chi connectivity index (χ0) is 15.1. The molecule has 1 aromatic heterocycles. The van der Waals surface area contributed by atoms with Crippen LogP contribution in [0.2, 0.25) is 0 Å². The Labute approximate surface area is 121 Å². The van der Waals surface area contributed by atoms with Gasteiger partial charge < -0.3 is 15.7 Å². The number of rotatable bonds is 5. The number of carboxylic acids is 1. The Morgan fingerprint density at radius 1 is 1.14 bits per heavy atom. The third-order valence-electron chi connectivity index (χ3n) is 2.66. The van der Waals surface area contributed by atoms with E-state index in [0.29, 0.717) is 16.9 Å². The number of carbonyl (C=O) groups excluding carboxylic acids is 1. The van der Waals surface area contributed by atoms with Gasteiger partial charge in [-0.3, -0.25) is 4.79 Å². The van der Waals surface area contributed by atoms with Crippen molar-refractivity contribution in [2.24, 2.45) is 0 Å². The minimum Gasteiger partial charge on any atom is -0.481 e. The number of urea groups is 1. The average Bonchev–Trinajstić information content (AvgIpc) is 2.48. The summed E-state index contributed by atoms with van der Waals surface area (Å²) >= 11 is 0. The molecule has 1 aromatic carbocycles. The first-order valence-electron chi connectivity index (χ1n) is 6.26.